The van der Waals surface area contributed by atoms with Crippen molar-refractivity contribution in [3.8, 4) is 0 Å². The monoisotopic (exact) mass is 319 g/mol. The average Bonchev–Trinajstić information content (AvgIpc) is 3.30. The van der Waals surface area contributed by atoms with Crippen molar-refractivity contribution in [2.24, 2.45) is 0 Å². The van der Waals surface area contributed by atoms with Crippen molar-refractivity contribution in [2.75, 3.05) is 0 Å². The van der Waals surface area contributed by atoms with Crippen LogP contribution in [0.25, 0.3) is 0 Å². The molecule has 114 valence electrons. The fraction of sp³-hybridized carbons (Fsp3) is 0.188. The van der Waals surface area contributed by atoms with Crippen molar-refractivity contribution >= 4 is 15.9 Å². The van der Waals surface area contributed by atoms with Gasteiger partial charge in [-0.2, -0.15) is 0 Å². The van der Waals surface area contributed by atoms with Crippen LogP contribution in [0.2, 0.25) is 0 Å². The molecule has 0 radical (unpaired) electrons. The molecule has 0 bridgehead atoms. The molecule has 0 aromatic heterocycles. The molecular weight excluding hydrogens is 305 g/mol. The van der Waals surface area contributed by atoms with Crippen LogP contribution in [0.4, 0.5) is 4.39 Å². The van der Waals surface area contributed by atoms with E-state index in [0.717, 1.165) is 0 Å². The fourth-order valence-corrected chi connectivity index (χ4v) is 3.54. The second kappa shape index (κ2) is 5.21. The van der Waals surface area contributed by atoms with E-state index < -0.39 is 27.2 Å². The molecule has 0 unspecified atom stereocenters. The van der Waals surface area contributed by atoms with Crippen molar-refractivity contribution in [1.29, 1.82) is 0 Å². The molecule has 2 aromatic rings. The van der Waals surface area contributed by atoms with Gasteiger partial charge in [-0.15, -0.1) is 0 Å². The molecule has 1 aliphatic carbocycles. The molecule has 0 aliphatic heterocycles. The summed E-state index contributed by atoms with van der Waals surface area (Å²) in [5.74, 6) is -1.17. The fourth-order valence-electron chi connectivity index (χ4n) is 2.47. The van der Waals surface area contributed by atoms with Gasteiger partial charge in [0.25, 0.3) is 10.0 Å². The highest BCUT2D eigenvalue weighted by Gasteiger charge is 2.53. The third-order valence-corrected chi connectivity index (χ3v) is 5.20. The van der Waals surface area contributed by atoms with Gasteiger partial charge < -0.3 is 0 Å². The quantitative estimate of drug-likeness (QED) is 0.941. The smallest absolute Gasteiger partial charge is 0.264 e. The molecule has 3 rings (SSSR count). The van der Waals surface area contributed by atoms with Gasteiger partial charge in [-0.1, -0.05) is 36.4 Å². The van der Waals surface area contributed by atoms with E-state index >= 15 is 0 Å². The number of benzene rings is 2. The Balaban J connectivity index is 1.88. The van der Waals surface area contributed by atoms with Crippen LogP contribution in [-0.2, 0) is 20.2 Å². The van der Waals surface area contributed by atoms with Gasteiger partial charge in [0, 0.05) is 5.56 Å². The lowest BCUT2D eigenvalue weighted by atomic mass is 9.95. The molecular formula is C16H14FNO3S. The van der Waals surface area contributed by atoms with Gasteiger partial charge in [0.2, 0.25) is 5.91 Å². The normalized spacial score (nSPS) is 16.0. The van der Waals surface area contributed by atoms with Gasteiger partial charge in [0.15, 0.2) is 0 Å². The zero-order chi connectivity index (χ0) is 15.8. The van der Waals surface area contributed by atoms with Gasteiger partial charge in [0.05, 0.1) is 10.3 Å². The zero-order valence-electron chi connectivity index (χ0n) is 11.6. The first-order valence-electron chi connectivity index (χ1n) is 6.83. The Labute approximate surface area is 128 Å². The van der Waals surface area contributed by atoms with E-state index in [0.29, 0.717) is 12.8 Å². The zero-order valence-corrected chi connectivity index (χ0v) is 12.4. The molecule has 2 aromatic carbocycles. The second-order valence-corrected chi connectivity index (χ2v) is 6.99. The molecule has 6 heteroatoms. The van der Waals surface area contributed by atoms with Crippen LogP contribution in [0.1, 0.15) is 18.4 Å². The third-order valence-electron chi connectivity index (χ3n) is 3.85. The number of hydrogen-bond donors (Lipinski definition) is 1. The molecule has 0 saturated heterocycles. The summed E-state index contributed by atoms with van der Waals surface area (Å²) in [5.41, 5.74) is -0.830. The van der Waals surface area contributed by atoms with Crippen LogP contribution in [0, 0.1) is 5.82 Å². The summed E-state index contributed by atoms with van der Waals surface area (Å²) in [6, 6.07) is 13.6. The second-order valence-electron chi connectivity index (χ2n) is 5.31. The van der Waals surface area contributed by atoms with Crippen LogP contribution in [-0.4, -0.2) is 14.3 Å². The molecule has 1 saturated carbocycles. The number of halogens is 1. The first kappa shape index (κ1) is 14.7. The van der Waals surface area contributed by atoms with Gasteiger partial charge in [0.1, 0.15) is 5.82 Å². The number of amides is 1. The predicted octanol–water partition coefficient (Wildman–Crippen LogP) is 2.36. The molecule has 1 amide bonds. The van der Waals surface area contributed by atoms with E-state index in [-0.39, 0.29) is 10.5 Å². The lowest BCUT2D eigenvalue weighted by molar-refractivity contribution is -0.121. The minimum atomic E-state index is -3.95. The maximum atomic E-state index is 13.9. The number of carbonyl (C=O) groups is 1. The lowest BCUT2D eigenvalue weighted by Crippen LogP contribution is -2.39. The predicted molar refractivity (Wildman–Crippen MR) is 79.1 cm³/mol. The number of rotatable bonds is 4. The highest BCUT2D eigenvalue weighted by molar-refractivity contribution is 7.90. The van der Waals surface area contributed by atoms with E-state index in [1.165, 1.54) is 30.3 Å². The number of sulfonamides is 1. The maximum Gasteiger partial charge on any atom is 0.264 e. The highest BCUT2D eigenvalue weighted by atomic mass is 32.2. The number of nitrogens with one attached hydrogen (secondary N) is 1. The molecule has 1 N–H and O–H groups in total. The summed E-state index contributed by atoms with van der Waals surface area (Å²) in [7, 11) is -3.95. The molecule has 4 nitrogen and oxygen atoms in total. The van der Waals surface area contributed by atoms with Crippen molar-refractivity contribution in [2.45, 2.75) is 23.2 Å². The van der Waals surface area contributed by atoms with Gasteiger partial charge >= 0.3 is 0 Å². The molecule has 0 heterocycles. The van der Waals surface area contributed by atoms with Gasteiger partial charge in [-0.25, -0.2) is 17.5 Å². The van der Waals surface area contributed by atoms with Crippen molar-refractivity contribution in [1.82, 2.24) is 4.72 Å². The van der Waals surface area contributed by atoms with Crippen LogP contribution < -0.4 is 4.72 Å². The Morgan fingerprint density at radius 2 is 1.59 bits per heavy atom. The van der Waals surface area contributed by atoms with Crippen LogP contribution >= 0.6 is 0 Å². The topological polar surface area (TPSA) is 63.2 Å². The van der Waals surface area contributed by atoms with Crippen molar-refractivity contribution in [3.63, 3.8) is 0 Å². The van der Waals surface area contributed by atoms with Gasteiger partial charge in [-0.05, 0) is 31.0 Å². The van der Waals surface area contributed by atoms with E-state index in [1.807, 2.05) is 0 Å². The Hall–Kier alpha value is -2.21. The Morgan fingerprint density at radius 1 is 1.00 bits per heavy atom. The maximum absolute atomic E-state index is 13.9. The molecule has 1 fully saturated rings. The molecule has 0 spiro atoms. The summed E-state index contributed by atoms with van der Waals surface area (Å²) in [6.45, 7) is 0. The Kier molecular flexibility index (Phi) is 3.48. The summed E-state index contributed by atoms with van der Waals surface area (Å²) in [4.78, 5) is 12.4. The van der Waals surface area contributed by atoms with Crippen LogP contribution in [0.15, 0.2) is 59.5 Å². The van der Waals surface area contributed by atoms with Gasteiger partial charge in [-0.3, -0.25) is 4.79 Å². The Morgan fingerprint density at radius 3 is 2.18 bits per heavy atom. The largest absolute Gasteiger partial charge is 0.273 e. The Bertz CT molecular complexity index is 814. The number of carbonyl (C=O) groups excluding carboxylic acids is 1. The molecule has 22 heavy (non-hydrogen) atoms. The first-order valence-corrected chi connectivity index (χ1v) is 8.31. The summed E-state index contributed by atoms with van der Waals surface area (Å²) >= 11 is 0. The van der Waals surface area contributed by atoms with Crippen molar-refractivity contribution in [3.05, 3.63) is 66.0 Å². The molecule has 1 aliphatic rings. The summed E-state index contributed by atoms with van der Waals surface area (Å²) in [5, 5.41) is 0. The standard InChI is InChI=1S/C16H14FNO3S/c17-14-9-5-4-8-13(14)16(10-11-16)15(19)18-22(20,21)12-6-2-1-3-7-12/h1-9H,10-11H2,(H,18,19). The highest BCUT2D eigenvalue weighted by Crippen LogP contribution is 2.49. The van der Waals surface area contributed by atoms with E-state index in [9.17, 15) is 17.6 Å². The van der Waals surface area contributed by atoms with E-state index in [4.69, 9.17) is 0 Å². The minimum Gasteiger partial charge on any atom is -0.273 e. The number of hydrogen-bond acceptors (Lipinski definition) is 3. The van der Waals surface area contributed by atoms with E-state index in [1.54, 1.807) is 24.3 Å². The average molecular weight is 319 g/mol. The summed E-state index contributed by atoms with van der Waals surface area (Å²) in [6.07, 6.45) is 0.869. The van der Waals surface area contributed by atoms with Crippen LogP contribution in [0.5, 0.6) is 0 Å². The molecule has 0 atom stereocenters. The third kappa shape index (κ3) is 2.50. The van der Waals surface area contributed by atoms with Crippen molar-refractivity contribution < 1.29 is 17.6 Å². The lowest BCUT2D eigenvalue weighted by Gasteiger charge is -2.16. The van der Waals surface area contributed by atoms with Crippen LogP contribution in [0.3, 0.4) is 0 Å². The SMILES string of the molecule is O=C(NS(=O)(=O)c1ccccc1)C1(c2ccccc2F)CC1. The first-order chi connectivity index (χ1) is 10.5. The summed E-state index contributed by atoms with van der Waals surface area (Å²) < 4.78 is 40.4. The van der Waals surface area contributed by atoms with E-state index in [2.05, 4.69) is 4.72 Å². The minimum absolute atomic E-state index is 0.00711.